The minimum atomic E-state index is -4.53. The Balaban J connectivity index is 1.52. The number of hydrogen-bond acceptors (Lipinski definition) is 5. The Hall–Kier alpha value is -3.53. The number of halogens is 3. The van der Waals surface area contributed by atoms with E-state index in [4.69, 9.17) is 0 Å². The largest absolute Gasteiger partial charge is 0.416 e. The lowest BCUT2D eigenvalue weighted by Crippen LogP contribution is -2.36. The van der Waals surface area contributed by atoms with Gasteiger partial charge in [0.1, 0.15) is 5.01 Å². The predicted molar refractivity (Wildman–Crippen MR) is 122 cm³/mol. The minimum absolute atomic E-state index is 0.116. The van der Waals surface area contributed by atoms with Crippen LogP contribution in [0.1, 0.15) is 45.6 Å². The number of aryl methyl sites for hydroxylation is 1. The lowest BCUT2D eigenvalue weighted by Gasteiger charge is -2.23. The summed E-state index contributed by atoms with van der Waals surface area (Å²) in [6.45, 7) is 2.00. The molecule has 3 heterocycles. The van der Waals surface area contributed by atoms with E-state index in [0.717, 1.165) is 33.8 Å². The molecular formula is C24H19F3N4O2S. The molecule has 1 fully saturated rings. The predicted octanol–water partition coefficient (Wildman–Crippen LogP) is 5.15. The molecule has 10 heteroatoms. The van der Waals surface area contributed by atoms with E-state index >= 15 is 0 Å². The van der Waals surface area contributed by atoms with E-state index in [1.165, 1.54) is 34.2 Å². The molecule has 0 spiro atoms. The molecule has 0 bridgehead atoms. The molecule has 6 nitrogen and oxygen atoms in total. The van der Waals surface area contributed by atoms with Gasteiger partial charge in [0.15, 0.2) is 5.69 Å². The van der Waals surface area contributed by atoms with Gasteiger partial charge >= 0.3 is 6.18 Å². The number of carbonyl (C=O) groups is 1. The number of para-hydroxylation sites is 1. The molecule has 174 valence electrons. The first-order valence-electron chi connectivity index (χ1n) is 10.7. The number of thiazole rings is 1. The van der Waals surface area contributed by atoms with Crippen LogP contribution in [0.25, 0.3) is 15.9 Å². The number of rotatable bonds is 3. The summed E-state index contributed by atoms with van der Waals surface area (Å²) in [4.78, 5) is 32.4. The van der Waals surface area contributed by atoms with Gasteiger partial charge in [0.25, 0.3) is 5.91 Å². The number of fused-ring (bicyclic) bond motifs is 1. The van der Waals surface area contributed by atoms with Crippen LogP contribution in [0.3, 0.4) is 0 Å². The molecule has 5 rings (SSSR count). The Labute approximate surface area is 196 Å². The van der Waals surface area contributed by atoms with Crippen LogP contribution in [0.15, 0.2) is 59.4 Å². The first-order chi connectivity index (χ1) is 16.2. The Morgan fingerprint density at radius 3 is 2.68 bits per heavy atom. The summed E-state index contributed by atoms with van der Waals surface area (Å²) in [5.74, 6) is -0.549. The van der Waals surface area contributed by atoms with E-state index in [1.54, 1.807) is 11.8 Å². The first kappa shape index (κ1) is 22.3. The quantitative estimate of drug-likeness (QED) is 0.404. The molecule has 4 aromatic rings. The third-order valence-corrected chi connectivity index (χ3v) is 6.97. The van der Waals surface area contributed by atoms with Crippen molar-refractivity contribution in [3.05, 3.63) is 86.8 Å². The second kappa shape index (κ2) is 8.35. The summed E-state index contributed by atoms with van der Waals surface area (Å²) in [5, 5.41) is 5.00. The average molecular weight is 485 g/mol. The molecule has 0 saturated carbocycles. The highest BCUT2D eigenvalue weighted by molar-refractivity contribution is 7.18. The Morgan fingerprint density at radius 1 is 1.12 bits per heavy atom. The highest BCUT2D eigenvalue weighted by Gasteiger charge is 2.35. The molecule has 0 radical (unpaired) electrons. The van der Waals surface area contributed by atoms with Crippen LogP contribution in [-0.2, 0) is 6.18 Å². The Kier molecular flexibility index (Phi) is 5.47. The van der Waals surface area contributed by atoms with Gasteiger partial charge in [-0.15, -0.1) is 11.3 Å². The van der Waals surface area contributed by atoms with Gasteiger partial charge < -0.3 is 4.90 Å². The number of benzene rings is 2. The van der Waals surface area contributed by atoms with Crippen LogP contribution in [-0.4, -0.2) is 32.1 Å². The fourth-order valence-electron chi connectivity index (χ4n) is 4.21. The molecule has 0 aliphatic carbocycles. The number of hydrogen-bond donors (Lipinski definition) is 0. The summed E-state index contributed by atoms with van der Waals surface area (Å²) in [6, 6.07) is 13.3. The van der Waals surface area contributed by atoms with Crippen LogP contribution in [0.4, 0.5) is 13.2 Å². The monoisotopic (exact) mass is 484 g/mol. The van der Waals surface area contributed by atoms with Crippen LogP contribution < -0.4 is 5.43 Å². The lowest BCUT2D eigenvalue weighted by molar-refractivity contribution is -0.137. The number of aromatic nitrogens is 3. The van der Waals surface area contributed by atoms with Crippen molar-refractivity contribution in [1.82, 2.24) is 19.7 Å². The third-order valence-electron chi connectivity index (χ3n) is 5.84. The molecule has 1 saturated heterocycles. The van der Waals surface area contributed by atoms with Gasteiger partial charge in [0.05, 0.1) is 27.5 Å². The van der Waals surface area contributed by atoms with Crippen molar-refractivity contribution in [2.75, 3.05) is 6.54 Å². The zero-order valence-corrected chi connectivity index (χ0v) is 18.9. The van der Waals surface area contributed by atoms with Gasteiger partial charge in [0, 0.05) is 18.3 Å². The summed E-state index contributed by atoms with van der Waals surface area (Å²) < 4.78 is 41.8. The van der Waals surface area contributed by atoms with E-state index < -0.39 is 23.1 Å². The Morgan fingerprint density at radius 2 is 1.91 bits per heavy atom. The zero-order valence-electron chi connectivity index (χ0n) is 18.0. The lowest BCUT2D eigenvalue weighted by atomic mass is 10.2. The van der Waals surface area contributed by atoms with E-state index in [-0.39, 0.29) is 17.4 Å². The highest BCUT2D eigenvalue weighted by Crippen LogP contribution is 2.37. The van der Waals surface area contributed by atoms with Gasteiger partial charge in [-0.1, -0.05) is 18.2 Å². The molecule has 1 atom stereocenters. The molecule has 34 heavy (non-hydrogen) atoms. The fraction of sp³-hybridized carbons (Fsp3) is 0.250. The van der Waals surface area contributed by atoms with Gasteiger partial charge in [-0.2, -0.15) is 18.3 Å². The molecule has 2 aromatic carbocycles. The van der Waals surface area contributed by atoms with Crippen molar-refractivity contribution >= 4 is 27.5 Å². The topological polar surface area (TPSA) is 68.1 Å². The van der Waals surface area contributed by atoms with Crippen LogP contribution in [0.2, 0.25) is 0 Å². The van der Waals surface area contributed by atoms with Crippen molar-refractivity contribution in [2.24, 2.45) is 0 Å². The van der Waals surface area contributed by atoms with E-state index in [0.29, 0.717) is 18.7 Å². The number of carbonyl (C=O) groups excluding carboxylic acids is 1. The van der Waals surface area contributed by atoms with E-state index in [2.05, 4.69) is 10.1 Å². The second-order valence-electron chi connectivity index (χ2n) is 8.13. The average Bonchev–Trinajstić information content (AvgIpc) is 3.45. The summed E-state index contributed by atoms with van der Waals surface area (Å²) >= 11 is 1.51. The number of nitrogens with zero attached hydrogens (tertiary/aromatic N) is 4. The first-order valence-corrected chi connectivity index (χ1v) is 11.5. The molecular weight excluding hydrogens is 465 g/mol. The van der Waals surface area contributed by atoms with Crippen molar-refractivity contribution in [2.45, 2.75) is 32.0 Å². The molecule has 2 aromatic heterocycles. The standard InChI is InChI=1S/C24H19F3N4O2S/c1-14-12-19(32)21(29-31(14)16-7-4-6-15(13-16)24(25,26)27)23(33)30-11-5-9-18(30)22-28-17-8-2-3-10-20(17)34-22/h2-4,6-8,10,12-13,18H,5,9,11H2,1H3. The zero-order chi connectivity index (χ0) is 24.0. The molecule has 1 amide bonds. The maximum Gasteiger partial charge on any atom is 0.416 e. The highest BCUT2D eigenvalue weighted by atomic mass is 32.1. The van der Waals surface area contributed by atoms with Gasteiger partial charge in [-0.05, 0) is 50.1 Å². The minimum Gasteiger partial charge on any atom is -0.328 e. The maximum atomic E-state index is 13.4. The van der Waals surface area contributed by atoms with Crippen LogP contribution in [0.5, 0.6) is 0 Å². The summed E-state index contributed by atoms with van der Waals surface area (Å²) in [6.07, 6.45) is -3.07. The number of alkyl halides is 3. The van der Waals surface area contributed by atoms with Crippen molar-refractivity contribution in [3.63, 3.8) is 0 Å². The molecule has 1 aliphatic rings. The van der Waals surface area contributed by atoms with Crippen molar-refractivity contribution in [3.8, 4) is 5.69 Å². The fourth-order valence-corrected chi connectivity index (χ4v) is 5.32. The molecule has 1 unspecified atom stereocenters. The summed E-state index contributed by atoms with van der Waals surface area (Å²) in [7, 11) is 0. The van der Waals surface area contributed by atoms with E-state index in [1.807, 2.05) is 24.3 Å². The molecule has 1 aliphatic heterocycles. The number of amides is 1. The van der Waals surface area contributed by atoms with E-state index in [9.17, 15) is 22.8 Å². The van der Waals surface area contributed by atoms with Crippen LogP contribution >= 0.6 is 11.3 Å². The second-order valence-corrected chi connectivity index (χ2v) is 9.20. The van der Waals surface area contributed by atoms with Gasteiger partial charge in [0.2, 0.25) is 5.43 Å². The summed E-state index contributed by atoms with van der Waals surface area (Å²) in [5.41, 5.74) is -0.442. The molecule has 0 N–H and O–H groups in total. The van der Waals surface area contributed by atoms with Gasteiger partial charge in [-0.25, -0.2) is 9.67 Å². The third kappa shape index (κ3) is 3.98. The van der Waals surface area contributed by atoms with Gasteiger partial charge in [-0.3, -0.25) is 9.59 Å². The van der Waals surface area contributed by atoms with Crippen molar-refractivity contribution in [1.29, 1.82) is 0 Å². The van der Waals surface area contributed by atoms with Crippen molar-refractivity contribution < 1.29 is 18.0 Å². The SMILES string of the molecule is Cc1cc(=O)c(C(=O)N2CCCC2c2nc3ccccc3s2)nn1-c1cccc(C(F)(F)F)c1. The number of likely N-dealkylation sites (tertiary alicyclic amines) is 1. The van der Waals surface area contributed by atoms with Crippen LogP contribution in [0, 0.1) is 6.92 Å². The Bertz CT molecular complexity index is 1430. The maximum absolute atomic E-state index is 13.4. The smallest absolute Gasteiger partial charge is 0.328 e. The normalized spacial score (nSPS) is 16.4.